The minimum atomic E-state index is -0.0605. The SMILES string of the molecule is CCCCNC(=O)COc1ccc(N2CCNCC2)cc1. The van der Waals surface area contributed by atoms with Crippen molar-refractivity contribution in [2.45, 2.75) is 19.8 Å². The predicted octanol–water partition coefficient (Wildman–Crippen LogP) is 1.39. The first kappa shape index (κ1) is 15.6. The Morgan fingerprint density at radius 1 is 1.29 bits per heavy atom. The van der Waals surface area contributed by atoms with Crippen LogP contribution in [0.15, 0.2) is 24.3 Å². The van der Waals surface area contributed by atoms with Crippen molar-refractivity contribution in [3.63, 3.8) is 0 Å². The topological polar surface area (TPSA) is 53.6 Å². The quantitative estimate of drug-likeness (QED) is 0.746. The van der Waals surface area contributed by atoms with E-state index in [2.05, 4.69) is 34.6 Å². The van der Waals surface area contributed by atoms with Crippen LogP contribution in [0.3, 0.4) is 0 Å². The highest BCUT2D eigenvalue weighted by Gasteiger charge is 2.10. The molecule has 1 amide bonds. The molecule has 116 valence electrons. The molecular formula is C16H25N3O2. The molecule has 1 aromatic rings. The number of carbonyl (C=O) groups excluding carboxylic acids is 1. The molecule has 0 atom stereocenters. The third-order valence-electron chi connectivity index (χ3n) is 3.54. The number of rotatable bonds is 7. The molecule has 0 spiro atoms. The zero-order chi connectivity index (χ0) is 14.9. The molecule has 2 rings (SSSR count). The molecule has 2 N–H and O–H groups in total. The van der Waals surface area contributed by atoms with Crippen LogP contribution in [0.4, 0.5) is 5.69 Å². The standard InChI is InChI=1S/C16H25N3O2/c1-2-3-8-18-16(20)13-21-15-6-4-14(5-7-15)19-11-9-17-10-12-19/h4-7,17H,2-3,8-13H2,1H3,(H,18,20). The van der Waals surface area contributed by atoms with Gasteiger partial charge in [0.25, 0.3) is 5.91 Å². The van der Waals surface area contributed by atoms with Gasteiger partial charge in [-0.15, -0.1) is 0 Å². The first-order valence-electron chi connectivity index (χ1n) is 7.75. The number of hydrogen-bond acceptors (Lipinski definition) is 4. The summed E-state index contributed by atoms with van der Waals surface area (Å²) in [5.41, 5.74) is 1.20. The monoisotopic (exact) mass is 291 g/mol. The Hall–Kier alpha value is -1.75. The second-order valence-corrected chi connectivity index (χ2v) is 5.22. The highest BCUT2D eigenvalue weighted by molar-refractivity contribution is 5.77. The van der Waals surface area contributed by atoms with Crippen LogP contribution in [0, 0.1) is 0 Å². The Morgan fingerprint density at radius 3 is 2.67 bits per heavy atom. The molecule has 0 aromatic heterocycles. The van der Waals surface area contributed by atoms with Crippen LogP contribution in [0.25, 0.3) is 0 Å². The lowest BCUT2D eigenvalue weighted by Gasteiger charge is -2.29. The van der Waals surface area contributed by atoms with Crippen LogP contribution in [0.5, 0.6) is 5.75 Å². The summed E-state index contributed by atoms with van der Waals surface area (Å²) in [5, 5.41) is 6.18. The van der Waals surface area contributed by atoms with E-state index < -0.39 is 0 Å². The summed E-state index contributed by atoms with van der Waals surface area (Å²) in [6.45, 7) is 7.01. The number of piperazine rings is 1. The van der Waals surface area contributed by atoms with Crippen molar-refractivity contribution in [3.8, 4) is 5.75 Å². The Labute approximate surface area is 126 Å². The Bertz CT molecular complexity index is 428. The number of nitrogens with one attached hydrogen (secondary N) is 2. The fourth-order valence-corrected chi connectivity index (χ4v) is 2.28. The normalized spacial score (nSPS) is 14.8. The van der Waals surface area contributed by atoms with E-state index in [4.69, 9.17) is 4.74 Å². The number of ether oxygens (including phenoxy) is 1. The van der Waals surface area contributed by atoms with Gasteiger partial charge in [0, 0.05) is 38.4 Å². The second-order valence-electron chi connectivity index (χ2n) is 5.22. The van der Waals surface area contributed by atoms with E-state index in [1.54, 1.807) is 0 Å². The van der Waals surface area contributed by atoms with Gasteiger partial charge in [0.05, 0.1) is 0 Å². The number of nitrogens with zero attached hydrogens (tertiary/aromatic N) is 1. The number of carbonyl (C=O) groups is 1. The highest BCUT2D eigenvalue weighted by atomic mass is 16.5. The second kappa shape index (κ2) is 8.52. The Balaban J connectivity index is 1.75. The van der Waals surface area contributed by atoms with Gasteiger partial charge in [-0.3, -0.25) is 4.79 Å². The molecule has 5 heteroatoms. The molecule has 1 fully saturated rings. The van der Waals surface area contributed by atoms with Gasteiger partial charge < -0.3 is 20.3 Å². The molecule has 21 heavy (non-hydrogen) atoms. The van der Waals surface area contributed by atoms with Crippen molar-refractivity contribution >= 4 is 11.6 Å². The van der Waals surface area contributed by atoms with E-state index in [0.29, 0.717) is 0 Å². The third-order valence-corrected chi connectivity index (χ3v) is 3.54. The van der Waals surface area contributed by atoms with Crippen LogP contribution in [-0.2, 0) is 4.79 Å². The van der Waals surface area contributed by atoms with Gasteiger partial charge in [-0.2, -0.15) is 0 Å². The van der Waals surface area contributed by atoms with Crippen molar-refractivity contribution in [2.75, 3.05) is 44.2 Å². The molecule has 1 heterocycles. The zero-order valence-corrected chi connectivity index (χ0v) is 12.7. The molecular weight excluding hydrogens is 266 g/mol. The highest BCUT2D eigenvalue weighted by Crippen LogP contribution is 2.19. The predicted molar refractivity (Wildman–Crippen MR) is 84.9 cm³/mol. The van der Waals surface area contributed by atoms with Crippen LogP contribution < -0.4 is 20.3 Å². The minimum Gasteiger partial charge on any atom is -0.484 e. The van der Waals surface area contributed by atoms with E-state index >= 15 is 0 Å². The lowest BCUT2D eigenvalue weighted by Crippen LogP contribution is -2.43. The molecule has 0 saturated carbocycles. The third kappa shape index (κ3) is 5.27. The summed E-state index contributed by atoms with van der Waals surface area (Å²) in [6.07, 6.45) is 2.08. The summed E-state index contributed by atoms with van der Waals surface area (Å²) < 4.78 is 5.50. The largest absolute Gasteiger partial charge is 0.484 e. The van der Waals surface area contributed by atoms with Gasteiger partial charge in [-0.25, -0.2) is 0 Å². The van der Waals surface area contributed by atoms with Crippen LogP contribution >= 0.6 is 0 Å². The molecule has 1 aliphatic heterocycles. The maximum absolute atomic E-state index is 11.6. The molecule has 0 aliphatic carbocycles. The van der Waals surface area contributed by atoms with E-state index in [0.717, 1.165) is 51.3 Å². The number of anilines is 1. The Morgan fingerprint density at radius 2 is 2.00 bits per heavy atom. The summed E-state index contributed by atoms with van der Waals surface area (Å²) >= 11 is 0. The Kier molecular flexibility index (Phi) is 6.34. The summed E-state index contributed by atoms with van der Waals surface area (Å²) in [4.78, 5) is 13.9. The van der Waals surface area contributed by atoms with E-state index in [-0.39, 0.29) is 12.5 Å². The van der Waals surface area contributed by atoms with E-state index in [1.165, 1.54) is 5.69 Å². The number of benzene rings is 1. The van der Waals surface area contributed by atoms with Gasteiger partial charge in [0.15, 0.2) is 6.61 Å². The van der Waals surface area contributed by atoms with Gasteiger partial charge in [-0.1, -0.05) is 13.3 Å². The summed E-state index contributed by atoms with van der Waals surface area (Å²) in [6, 6.07) is 7.96. The van der Waals surface area contributed by atoms with Crippen molar-refractivity contribution in [3.05, 3.63) is 24.3 Å². The molecule has 5 nitrogen and oxygen atoms in total. The van der Waals surface area contributed by atoms with Gasteiger partial charge >= 0.3 is 0 Å². The molecule has 1 saturated heterocycles. The fraction of sp³-hybridized carbons (Fsp3) is 0.562. The minimum absolute atomic E-state index is 0.0605. The van der Waals surface area contributed by atoms with Crippen molar-refractivity contribution in [1.29, 1.82) is 0 Å². The number of amides is 1. The smallest absolute Gasteiger partial charge is 0.257 e. The molecule has 0 bridgehead atoms. The van der Waals surface area contributed by atoms with Crippen LogP contribution in [0.2, 0.25) is 0 Å². The average molecular weight is 291 g/mol. The fourth-order valence-electron chi connectivity index (χ4n) is 2.28. The van der Waals surface area contributed by atoms with Gasteiger partial charge in [-0.05, 0) is 30.7 Å². The lowest BCUT2D eigenvalue weighted by molar-refractivity contribution is -0.123. The maximum Gasteiger partial charge on any atom is 0.257 e. The van der Waals surface area contributed by atoms with Crippen molar-refractivity contribution in [2.24, 2.45) is 0 Å². The van der Waals surface area contributed by atoms with Crippen LogP contribution in [0.1, 0.15) is 19.8 Å². The molecule has 1 aliphatic rings. The first-order chi connectivity index (χ1) is 10.3. The van der Waals surface area contributed by atoms with Crippen molar-refractivity contribution < 1.29 is 9.53 Å². The van der Waals surface area contributed by atoms with E-state index in [9.17, 15) is 4.79 Å². The van der Waals surface area contributed by atoms with Crippen molar-refractivity contribution in [1.82, 2.24) is 10.6 Å². The number of hydrogen-bond donors (Lipinski definition) is 2. The molecule has 0 radical (unpaired) electrons. The molecule has 1 aromatic carbocycles. The lowest BCUT2D eigenvalue weighted by atomic mass is 10.2. The van der Waals surface area contributed by atoms with Gasteiger partial charge in [0.2, 0.25) is 0 Å². The van der Waals surface area contributed by atoms with Crippen LogP contribution in [-0.4, -0.2) is 45.2 Å². The summed E-state index contributed by atoms with van der Waals surface area (Å²) in [5.74, 6) is 0.675. The molecule has 0 unspecified atom stereocenters. The summed E-state index contributed by atoms with van der Waals surface area (Å²) in [7, 11) is 0. The zero-order valence-electron chi connectivity index (χ0n) is 12.7. The average Bonchev–Trinajstić information content (AvgIpc) is 2.54. The van der Waals surface area contributed by atoms with E-state index in [1.807, 2.05) is 12.1 Å². The van der Waals surface area contributed by atoms with Gasteiger partial charge in [0.1, 0.15) is 5.75 Å². The number of unbranched alkanes of at least 4 members (excludes halogenated alkanes) is 1. The maximum atomic E-state index is 11.6. The first-order valence-corrected chi connectivity index (χ1v) is 7.75.